The number of ether oxygens (including phenoxy) is 3. The van der Waals surface area contributed by atoms with Crippen molar-refractivity contribution in [3.05, 3.63) is 29.8 Å². The van der Waals surface area contributed by atoms with Gasteiger partial charge in [-0.05, 0) is 45.4 Å². The Morgan fingerprint density at radius 1 is 1.05 bits per heavy atom. The standard InChI is InChI=1S/C16H22O5/c1-11(2)20-14-7-5-6-13(8-14)9-15(17)19-10-16(18)21-12(3)4/h5-8,11-12H,9-10H2,1-4H3. The maximum atomic E-state index is 11.7. The van der Waals surface area contributed by atoms with Gasteiger partial charge in [0.2, 0.25) is 0 Å². The highest BCUT2D eigenvalue weighted by Crippen LogP contribution is 2.15. The zero-order valence-electron chi connectivity index (χ0n) is 12.9. The Morgan fingerprint density at radius 3 is 2.38 bits per heavy atom. The van der Waals surface area contributed by atoms with Crippen LogP contribution < -0.4 is 4.74 Å². The Balaban J connectivity index is 2.45. The van der Waals surface area contributed by atoms with Crippen molar-refractivity contribution < 1.29 is 23.8 Å². The van der Waals surface area contributed by atoms with Crippen LogP contribution in [0.25, 0.3) is 0 Å². The summed E-state index contributed by atoms with van der Waals surface area (Å²) in [6, 6.07) is 7.23. The molecule has 0 saturated carbocycles. The minimum atomic E-state index is -0.546. The molecule has 0 amide bonds. The first-order valence-corrected chi connectivity index (χ1v) is 6.97. The van der Waals surface area contributed by atoms with Crippen molar-refractivity contribution in [2.75, 3.05) is 6.61 Å². The SMILES string of the molecule is CC(C)OC(=O)COC(=O)Cc1cccc(OC(C)C)c1. The predicted molar refractivity (Wildman–Crippen MR) is 78.1 cm³/mol. The summed E-state index contributed by atoms with van der Waals surface area (Å²) in [4.78, 5) is 22.9. The second kappa shape index (κ2) is 8.29. The van der Waals surface area contributed by atoms with Gasteiger partial charge in [-0.1, -0.05) is 12.1 Å². The fourth-order valence-corrected chi connectivity index (χ4v) is 1.65. The van der Waals surface area contributed by atoms with Crippen LogP contribution in [0.15, 0.2) is 24.3 Å². The molecule has 0 unspecified atom stereocenters. The van der Waals surface area contributed by atoms with Gasteiger partial charge in [-0.2, -0.15) is 0 Å². The summed E-state index contributed by atoms with van der Waals surface area (Å²) in [6.45, 7) is 6.97. The van der Waals surface area contributed by atoms with Crippen LogP contribution in [0.2, 0.25) is 0 Å². The van der Waals surface area contributed by atoms with Gasteiger partial charge in [0, 0.05) is 0 Å². The summed E-state index contributed by atoms with van der Waals surface area (Å²) >= 11 is 0. The third-order valence-corrected chi connectivity index (χ3v) is 2.34. The Bertz CT molecular complexity index is 479. The summed E-state index contributed by atoms with van der Waals surface area (Å²) in [5, 5.41) is 0. The maximum Gasteiger partial charge on any atom is 0.344 e. The second-order valence-electron chi connectivity index (χ2n) is 5.19. The minimum Gasteiger partial charge on any atom is -0.491 e. The fourth-order valence-electron chi connectivity index (χ4n) is 1.65. The Hall–Kier alpha value is -2.04. The Labute approximate surface area is 125 Å². The fraction of sp³-hybridized carbons (Fsp3) is 0.500. The summed E-state index contributed by atoms with van der Waals surface area (Å²) in [6.07, 6.45) is -0.0661. The molecule has 0 aromatic heterocycles. The number of carbonyl (C=O) groups is 2. The van der Waals surface area contributed by atoms with Crippen molar-refractivity contribution >= 4 is 11.9 Å². The molecule has 5 heteroatoms. The highest BCUT2D eigenvalue weighted by atomic mass is 16.6. The zero-order valence-corrected chi connectivity index (χ0v) is 12.9. The molecule has 0 bridgehead atoms. The molecule has 0 spiro atoms. The van der Waals surface area contributed by atoms with E-state index in [-0.39, 0.29) is 25.2 Å². The quantitative estimate of drug-likeness (QED) is 0.723. The zero-order chi connectivity index (χ0) is 15.8. The van der Waals surface area contributed by atoms with Gasteiger partial charge in [0.25, 0.3) is 0 Å². The molecular formula is C16H22O5. The second-order valence-corrected chi connectivity index (χ2v) is 5.19. The van der Waals surface area contributed by atoms with E-state index in [0.717, 1.165) is 5.56 Å². The van der Waals surface area contributed by atoms with Crippen molar-refractivity contribution in [1.82, 2.24) is 0 Å². The van der Waals surface area contributed by atoms with Gasteiger partial charge in [-0.3, -0.25) is 4.79 Å². The molecule has 0 N–H and O–H groups in total. The van der Waals surface area contributed by atoms with Gasteiger partial charge in [-0.15, -0.1) is 0 Å². The van der Waals surface area contributed by atoms with Gasteiger partial charge >= 0.3 is 11.9 Å². The Morgan fingerprint density at radius 2 is 1.76 bits per heavy atom. The van der Waals surface area contributed by atoms with E-state index in [4.69, 9.17) is 14.2 Å². The normalized spacial score (nSPS) is 10.6. The van der Waals surface area contributed by atoms with Crippen LogP contribution >= 0.6 is 0 Å². The van der Waals surface area contributed by atoms with E-state index in [1.54, 1.807) is 26.0 Å². The highest BCUT2D eigenvalue weighted by Gasteiger charge is 2.11. The number of carbonyl (C=O) groups excluding carboxylic acids is 2. The van der Waals surface area contributed by atoms with Crippen molar-refractivity contribution in [3.63, 3.8) is 0 Å². The van der Waals surface area contributed by atoms with Gasteiger partial charge in [-0.25, -0.2) is 4.79 Å². The molecule has 0 saturated heterocycles. The molecule has 21 heavy (non-hydrogen) atoms. The summed E-state index contributed by atoms with van der Waals surface area (Å²) in [5.74, 6) is -0.317. The number of benzene rings is 1. The largest absolute Gasteiger partial charge is 0.491 e. The molecule has 5 nitrogen and oxygen atoms in total. The van der Waals surface area contributed by atoms with E-state index in [1.807, 2.05) is 26.0 Å². The molecule has 116 valence electrons. The van der Waals surface area contributed by atoms with Gasteiger partial charge < -0.3 is 14.2 Å². The van der Waals surface area contributed by atoms with Crippen LogP contribution in [-0.2, 0) is 25.5 Å². The third kappa shape index (κ3) is 7.34. The van der Waals surface area contributed by atoms with Crippen LogP contribution in [0.4, 0.5) is 0 Å². The molecule has 0 aliphatic rings. The highest BCUT2D eigenvalue weighted by molar-refractivity contribution is 5.77. The van der Waals surface area contributed by atoms with Crippen LogP contribution in [0.3, 0.4) is 0 Å². The first-order valence-electron chi connectivity index (χ1n) is 6.97. The van der Waals surface area contributed by atoms with Crippen molar-refractivity contribution in [3.8, 4) is 5.75 Å². The molecule has 0 fully saturated rings. The lowest BCUT2D eigenvalue weighted by atomic mass is 10.1. The van der Waals surface area contributed by atoms with Gasteiger partial charge in [0.05, 0.1) is 18.6 Å². The van der Waals surface area contributed by atoms with E-state index in [1.165, 1.54) is 0 Å². The number of esters is 2. The number of hydrogen-bond acceptors (Lipinski definition) is 5. The summed E-state index contributed by atoms with van der Waals surface area (Å²) < 4.78 is 15.3. The van der Waals surface area contributed by atoms with Crippen LogP contribution in [0.1, 0.15) is 33.3 Å². The first-order chi connectivity index (χ1) is 9.86. The predicted octanol–water partition coefficient (Wildman–Crippen LogP) is 2.51. The van der Waals surface area contributed by atoms with Crippen molar-refractivity contribution in [2.45, 2.75) is 46.3 Å². The minimum absolute atomic E-state index is 0.0676. The van der Waals surface area contributed by atoms with Crippen molar-refractivity contribution in [2.24, 2.45) is 0 Å². The summed E-state index contributed by atoms with van der Waals surface area (Å²) in [7, 11) is 0. The summed E-state index contributed by atoms with van der Waals surface area (Å²) in [5.41, 5.74) is 0.773. The van der Waals surface area contributed by atoms with E-state index in [0.29, 0.717) is 5.75 Å². The average molecular weight is 294 g/mol. The molecule has 1 aromatic carbocycles. The van der Waals surface area contributed by atoms with Crippen LogP contribution in [-0.4, -0.2) is 30.8 Å². The molecule has 0 aliphatic carbocycles. The van der Waals surface area contributed by atoms with E-state index in [9.17, 15) is 9.59 Å². The Kier molecular flexibility index (Phi) is 6.72. The maximum absolute atomic E-state index is 11.7. The number of rotatable bonds is 7. The molecule has 1 rings (SSSR count). The molecular weight excluding hydrogens is 272 g/mol. The lowest BCUT2D eigenvalue weighted by Crippen LogP contribution is -2.20. The van der Waals surface area contributed by atoms with Crippen LogP contribution in [0.5, 0.6) is 5.75 Å². The molecule has 0 atom stereocenters. The molecule has 0 aliphatic heterocycles. The number of hydrogen-bond donors (Lipinski definition) is 0. The van der Waals surface area contributed by atoms with Crippen LogP contribution in [0, 0.1) is 0 Å². The third-order valence-electron chi connectivity index (χ3n) is 2.34. The van der Waals surface area contributed by atoms with E-state index < -0.39 is 11.9 Å². The van der Waals surface area contributed by atoms with Crippen molar-refractivity contribution in [1.29, 1.82) is 0 Å². The smallest absolute Gasteiger partial charge is 0.344 e. The lowest BCUT2D eigenvalue weighted by Gasteiger charge is -2.11. The van der Waals surface area contributed by atoms with Gasteiger partial charge in [0.1, 0.15) is 5.75 Å². The lowest BCUT2D eigenvalue weighted by molar-refractivity contribution is -0.160. The first kappa shape index (κ1) is 17.0. The molecule has 0 radical (unpaired) electrons. The topological polar surface area (TPSA) is 61.8 Å². The molecule has 0 heterocycles. The average Bonchev–Trinajstić information content (AvgIpc) is 2.35. The molecule has 1 aromatic rings. The van der Waals surface area contributed by atoms with E-state index in [2.05, 4.69) is 0 Å². The van der Waals surface area contributed by atoms with Gasteiger partial charge in [0.15, 0.2) is 6.61 Å². The van der Waals surface area contributed by atoms with E-state index >= 15 is 0 Å². The monoisotopic (exact) mass is 294 g/mol.